The van der Waals surface area contributed by atoms with E-state index in [1.807, 2.05) is 19.1 Å². The molecule has 1 amide bonds. The number of hydrogen-bond donors (Lipinski definition) is 1. The minimum atomic E-state index is -0.509. The maximum atomic E-state index is 11.8. The van der Waals surface area contributed by atoms with Gasteiger partial charge in [0.1, 0.15) is 0 Å². The van der Waals surface area contributed by atoms with Gasteiger partial charge in [-0.2, -0.15) is 0 Å². The number of rotatable bonds is 9. The lowest BCUT2D eigenvalue weighted by molar-refractivity contribution is -0.140. The topological polar surface area (TPSA) is 68.2 Å². The van der Waals surface area contributed by atoms with Crippen LogP contribution in [-0.2, 0) is 14.3 Å². The first-order valence-electron chi connectivity index (χ1n) is 7.95. The minimum Gasteiger partial charge on any atom is -0.579 e. The van der Waals surface area contributed by atoms with Crippen molar-refractivity contribution in [1.82, 2.24) is 5.32 Å². The van der Waals surface area contributed by atoms with Crippen LogP contribution in [0.3, 0.4) is 0 Å². The number of carbonyl (C=O) groups is 2. The SMILES string of the molecule is CCCC(C)C(=O)C(=O)NCC[OH+]C1=CCC(C)C=C1OC. The molecule has 1 rings (SSSR count). The van der Waals surface area contributed by atoms with Crippen LogP contribution in [0.1, 0.15) is 40.0 Å². The van der Waals surface area contributed by atoms with Gasteiger partial charge in [0.05, 0.1) is 13.7 Å². The predicted molar refractivity (Wildman–Crippen MR) is 86.1 cm³/mol. The average Bonchev–Trinajstić information content (AvgIpc) is 2.51. The Bertz CT molecular complexity index is 454. The highest BCUT2D eigenvalue weighted by Gasteiger charge is 2.21. The fourth-order valence-corrected chi connectivity index (χ4v) is 2.35. The van der Waals surface area contributed by atoms with E-state index in [9.17, 15) is 9.59 Å². The fourth-order valence-electron chi connectivity index (χ4n) is 2.35. The van der Waals surface area contributed by atoms with Crippen molar-refractivity contribution < 1.29 is 19.1 Å². The lowest BCUT2D eigenvalue weighted by Crippen LogP contribution is -2.36. The molecule has 0 aromatic rings. The normalized spacial score (nSPS) is 18.8. The van der Waals surface area contributed by atoms with E-state index in [1.165, 1.54) is 0 Å². The first-order chi connectivity index (χ1) is 10.5. The average molecular weight is 310 g/mol. The van der Waals surface area contributed by atoms with Gasteiger partial charge in [-0.3, -0.25) is 9.59 Å². The molecule has 2 N–H and O–H groups in total. The Morgan fingerprint density at radius 3 is 2.86 bits per heavy atom. The van der Waals surface area contributed by atoms with Gasteiger partial charge in [0.25, 0.3) is 11.7 Å². The highest BCUT2D eigenvalue weighted by atomic mass is 16.5. The number of amides is 1. The summed E-state index contributed by atoms with van der Waals surface area (Å²) in [6.45, 7) is 6.70. The fraction of sp³-hybridized carbons (Fsp3) is 0.647. The molecule has 0 heterocycles. The van der Waals surface area contributed by atoms with E-state index in [0.29, 0.717) is 19.1 Å². The Morgan fingerprint density at radius 2 is 2.23 bits per heavy atom. The molecule has 0 aromatic heterocycles. The van der Waals surface area contributed by atoms with Crippen molar-refractivity contribution in [3.8, 4) is 0 Å². The smallest absolute Gasteiger partial charge is 0.293 e. The molecule has 5 nitrogen and oxygen atoms in total. The second-order valence-corrected chi connectivity index (χ2v) is 5.73. The molecule has 124 valence electrons. The van der Waals surface area contributed by atoms with Crippen molar-refractivity contribution in [2.75, 3.05) is 20.3 Å². The van der Waals surface area contributed by atoms with Gasteiger partial charge in [-0.05, 0) is 24.8 Å². The molecule has 0 saturated carbocycles. The summed E-state index contributed by atoms with van der Waals surface area (Å²) >= 11 is 0. The van der Waals surface area contributed by atoms with Crippen LogP contribution < -0.4 is 5.32 Å². The molecule has 0 aromatic carbocycles. The third-order valence-corrected chi connectivity index (χ3v) is 3.66. The molecule has 22 heavy (non-hydrogen) atoms. The third kappa shape index (κ3) is 5.54. The largest absolute Gasteiger partial charge is 0.579 e. The molecular weight excluding hydrogens is 282 g/mol. The predicted octanol–water partition coefficient (Wildman–Crippen LogP) is 2.09. The van der Waals surface area contributed by atoms with Crippen molar-refractivity contribution in [2.24, 2.45) is 11.8 Å². The number of aliphatic hydroxyl groups is 2. The van der Waals surface area contributed by atoms with Crippen LogP contribution in [0.2, 0.25) is 0 Å². The van der Waals surface area contributed by atoms with E-state index in [0.717, 1.165) is 30.8 Å². The van der Waals surface area contributed by atoms with Gasteiger partial charge in [0.2, 0.25) is 11.5 Å². The van der Waals surface area contributed by atoms with Crippen LogP contribution in [-0.4, -0.2) is 36.7 Å². The zero-order chi connectivity index (χ0) is 16.5. The van der Waals surface area contributed by atoms with Crippen molar-refractivity contribution >= 4 is 11.7 Å². The number of ether oxygens (including phenoxy) is 2. The van der Waals surface area contributed by atoms with Gasteiger partial charge in [0, 0.05) is 12.0 Å². The summed E-state index contributed by atoms with van der Waals surface area (Å²) < 4.78 is 9.73. The van der Waals surface area contributed by atoms with Gasteiger partial charge >= 0.3 is 0 Å². The Labute approximate surface area is 132 Å². The van der Waals surface area contributed by atoms with Crippen molar-refractivity contribution in [3.63, 3.8) is 0 Å². The number of methoxy groups -OCH3 is 1. The van der Waals surface area contributed by atoms with Gasteiger partial charge in [0.15, 0.2) is 6.61 Å². The van der Waals surface area contributed by atoms with Crippen LogP contribution in [0.4, 0.5) is 0 Å². The number of ketones is 1. The summed E-state index contributed by atoms with van der Waals surface area (Å²) in [5.41, 5.74) is 0. The van der Waals surface area contributed by atoms with E-state index in [4.69, 9.17) is 4.74 Å². The van der Waals surface area contributed by atoms with Crippen LogP contribution in [0.25, 0.3) is 0 Å². The highest BCUT2D eigenvalue weighted by Crippen LogP contribution is 2.22. The molecule has 0 spiro atoms. The molecule has 5 heteroatoms. The second-order valence-electron chi connectivity index (χ2n) is 5.73. The molecule has 0 saturated heterocycles. The first kappa shape index (κ1) is 18.3. The summed E-state index contributed by atoms with van der Waals surface area (Å²) in [5, 5.41) is 2.63. The van der Waals surface area contributed by atoms with E-state index in [1.54, 1.807) is 14.0 Å². The van der Waals surface area contributed by atoms with Gasteiger partial charge in [-0.1, -0.05) is 27.2 Å². The van der Waals surface area contributed by atoms with Gasteiger partial charge in [-0.15, -0.1) is 0 Å². The zero-order valence-electron chi connectivity index (χ0n) is 14.0. The van der Waals surface area contributed by atoms with E-state index in [2.05, 4.69) is 17.0 Å². The van der Waals surface area contributed by atoms with Crippen LogP contribution >= 0.6 is 0 Å². The Morgan fingerprint density at radius 1 is 1.50 bits per heavy atom. The highest BCUT2D eigenvalue weighted by molar-refractivity contribution is 6.36. The maximum absolute atomic E-state index is 11.8. The monoisotopic (exact) mass is 310 g/mol. The Balaban J connectivity index is 2.32. The zero-order valence-corrected chi connectivity index (χ0v) is 14.0. The molecule has 0 bridgehead atoms. The van der Waals surface area contributed by atoms with Crippen LogP contribution in [0, 0.1) is 11.8 Å². The van der Waals surface area contributed by atoms with Crippen LogP contribution in [0.15, 0.2) is 23.7 Å². The number of Topliss-reactive ketones (excluding diaryl/α,β-unsaturated/α-hetero) is 1. The molecule has 2 unspecified atom stereocenters. The summed E-state index contributed by atoms with van der Waals surface area (Å²) in [6, 6.07) is 0. The number of carbonyl (C=O) groups excluding carboxylic acids is 2. The maximum Gasteiger partial charge on any atom is 0.293 e. The number of hydrogen-bond acceptors (Lipinski definition) is 3. The van der Waals surface area contributed by atoms with E-state index >= 15 is 0 Å². The number of allylic oxidation sites excluding steroid dienone is 2. The lowest BCUT2D eigenvalue weighted by Gasteiger charge is -2.16. The second kappa shape index (κ2) is 9.28. The van der Waals surface area contributed by atoms with Crippen molar-refractivity contribution in [1.29, 1.82) is 0 Å². The summed E-state index contributed by atoms with van der Waals surface area (Å²) in [4.78, 5) is 23.5. The Kier molecular flexibility index (Phi) is 7.71. The standard InChI is InChI=1S/C17H27NO4/c1-5-6-13(3)16(19)17(20)18-9-10-22-14-8-7-12(2)11-15(14)21-4/h8,11-13H,5-7,9-10H2,1-4H3,(H,18,20)/p+1. The molecule has 2 atom stereocenters. The van der Waals surface area contributed by atoms with Gasteiger partial charge < -0.3 is 14.8 Å². The molecular formula is C17H28NO4+. The lowest BCUT2D eigenvalue weighted by atomic mass is 10.0. The third-order valence-electron chi connectivity index (χ3n) is 3.66. The Hall–Kier alpha value is -1.78. The molecule has 1 aliphatic carbocycles. The molecule has 0 radical (unpaired) electrons. The minimum absolute atomic E-state index is 0.215. The van der Waals surface area contributed by atoms with Crippen LogP contribution in [0.5, 0.6) is 0 Å². The first-order valence-corrected chi connectivity index (χ1v) is 7.95. The summed E-state index contributed by atoms with van der Waals surface area (Å²) in [5.74, 6) is 0.979. The summed E-state index contributed by atoms with van der Waals surface area (Å²) in [7, 11) is 1.63. The van der Waals surface area contributed by atoms with E-state index < -0.39 is 5.91 Å². The van der Waals surface area contributed by atoms with Crippen molar-refractivity contribution in [2.45, 2.75) is 40.0 Å². The number of nitrogens with one attached hydrogen (secondary N) is 1. The van der Waals surface area contributed by atoms with Crippen molar-refractivity contribution in [3.05, 3.63) is 23.7 Å². The quantitative estimate of drug-likeness (QED) is 0.403. The molecule has 0 aliphatic heterocycles. The van der Waals surface area contributed by atoms with E-state index in [-0.39, 0.29) is 11.7 Å². The van der Waals surface area contributed by atoms with Gasteiger partial charge in [-0.25, -0.2) is 0 Å². The summed E-state index contributed by atoms with van der Waals surface area (Å²) in [6.07, 6.45) is 6.66. The molecule has 1 aliphatic rings. The molecule has 0 fully saturated rings.